The van der Waals surface area contributed by atoms with Crippen molar-refractivity contribution in [3.05, 3.63) is 47.0 Å². The third kappa shape index (κ3) is 3.10. The molecule has 0 unspecified atom stereocenters. The number of carbonyl (C=O) groups is 1. The lowest BCUT2D eigenvalue weighted by Crippen LogP contribution is -2.23. The van der Waals surface area contributed by atoms with Gasteiger partial charge in [-0.25, -0.2) is 4.98 Å². The average Bonchev–Trinajstić information content (AvgIpc) is 3.08. The summed E-state index contributed by atoms with van der Waals surface area (Å²) in [7, 11) is 1.54. The molecule has 3 aromatic rings. The van der Waals surface area contributed by atoms with Crippen LogP contribution in [0.3, 0.4) is 0 Å². The van der Waals surface area contributed by atoms with Gasteiger partial charge in [-0.3, -0.25) is 4.79 Å². The fourth-order valence-corrected chi connectivity index (χ4v) is 3.56. The maximum Gasteiger partial charge on any atom is 0.251 e. The first-order valence-corrected chi connectivity index (χ1v) is 8.66. The quantitative estimate of drug-likeness (QED) is 0.778. The summed E-state index contributed by atoms with van der Waals surface area (Å²) >= 11 is 1.57. The number of thiazole rings is 1. The van der Waals surface area contributed by atoms with Crippen molar-refractivity contribution in [3.8, 4) is 17.2 Å². The molecule has 128 valence electrons. The van der Waals surface area contributed by atoms with E-state index < -0.39 is 0 Å². The van der Waals surface area contributed by atoms with Crippen molar-refractivity contribution in [2.75, 3.05) is 20.3 Å². The van der Waals surface area contributed by atoms with Gasteiger partial charge in [0.1, 0.15) is 18.2 Å². The number of hydrogen-bond donors (Lipinski definition) is 1. The van der Waals surface area contributed by atoms with E-state index in [0.717, 1.165) is 15.2 Å². The molecule has 1 aromatic heterocycles. The van der Waals surface area contributed by atoms with E-state index in [-0.39, 0.29) is 5.91 Å². The zero-order chi connectivity index (χ0) is 17.2. The average molecular weight is 356 g/mol. The van der Waals surface area contributed by atoms with Gasteiger partial charge in [0.2, 0.25) is 5.75 Å². The fraction of sp³-hybridized carbons (Fsp3) is 0.222. The van der Waals surface area contributed by atoms with Crippen molar-refractivity contribution in [1.29, 1.82) is 0 Å². The minimum Gasteiger partial charge on any atom is -0.493 e. The summed E-state index contributed by atoms with van der Waals surface area (Å²) in [5.41, 5.74) is 1.40. The molecule has 2 aromatic carbocycles. The van der Waals surface area contributed by atoms with Crippen LogP contribution in [0.25, 0.3) is 10.2 Å². The number of fused-ring (bicyclic) bond motifs is 2. The highest BCUT2D eigenvalue weighted by molar-refractivity contribution is 7.18. The summed E-state index contributed by atoms with van der Waals surface area (Å²) in [6.07, 6.45) is 0. The van der Waals surface area contributed by atoms with Crippen molar-refractivity contribution in [3.63, 3.8) is 0 Å². The second-order valence-corrected chi connectivity index (χ2v) is 6.58. The molecule has 0 atom stereocenters. The van der Waals surface area contributed by atoms with E-state index in [1.54, 1.807) is 23.5 Å². The number of aromatic nitrogens is 1. The molecule has 0 aliphatic carbocycles. The molecule has 4 rings (SSSR count). The van der Waals surface area contributed by atoms with Crippen LogP contribution in [0.2, 0.25) is 0 Å². The fourth-order valence-electron chi connectivity index (χ4n) is 2.66. The Morgan fingerprint density at radius 1 is 1.28 bits per heavy atom. The number of amides is 1. The third-order valence-electron chi connectivity index (χ3n) is 3.83. The van der Waals surface area contributed by atoms with Crippen LogP contribution in [0.4, 0.5) is 0 Å². The molecule has 1 N–H and O–H groups in total. The van der Waals surface area contributed by atoms with E-state index in [0.29, 0.717) is 42.6 Å². The van der Waals surface area contributed by atoms with Gasteiger partial charge < -0.3 is 19.5 Å². The minimum atomic E-state index is -0.213. The Balaban J connectivity index is 1.52. The van der Waals surface area contributed by atoms with E-state index in [1.165, 1.54) is 7.11 Å². The molecule has 25 heavy (non-hydrogen) atoms. The molecule has 6 nitrogen and oxygen atoms in total. The van der Waals surface area contributed by atoms with Gasteiger partial charge in [-0.15, -0.1) is 11.3 Å². The normalized spacial score (nSPS) is 12.8. The molecule has 0 radical (unpaired) electrons. The van der Waals surface area contributed by atoms with Crippen LogP contribution in [0.15, 0.2) is 36.4 Å². The number of methoxy groups -OCH3 is 1. The lowest BCUT2D eigenvalue weighted by Gasteiger charge is -2.21. The Morgan fingerprint density at radius 3 is 2.96 bits per heavy atom. The van der Waals surface area contributed by atoms with Crippen LogP contribution in [-0.2, 0) is 6.54 Å². The number of nitrogens with zero attached hydrogens (tertiary/aromatic N) is 1. The summed E-state index contributed by atoms with van der Waals surface area (Å²) in [5.74, 6) is 1.34. The first kappa shape index (κ1) is 15.7. The van der Waals surface area contributed by atoms with Gasteiger partial charge in [0.15, 0.2) is 11.5 Å². The first-order chi connectivity index (χ1) is 12.2. The minimum absolute atomic E-state index is 0.213. The van der Waals surface area contributed by atoms with Crippen molar-refractivity contribution < 1.29 is 19.0 Å². The molecule has 0 fully saturated rings. The number of ether oxygens (including phenoxy) is 3. The first-order valence-electron chi connectivity index (χ1n) is 7.85. The lowest BCUT2D eigenvalue weighted by molar-refractivity contribution is 0.0949. The maximum atomic E-state index is 12.5. The Hall–Kier alpha value is -2.80. The zero-order valence-electron chi connectivity index (χ0n) is 13.6. The highest BCUT2D eigenvalue weighted by atomic mass is 32.1. The van der Waals surface area contributed by atoms with E-state index in [9.17, 15) is 4.79 Å². The van der Waals surface area contributed by atoms with Crippen LogP contribution < -0.4 is 19.5 Å². The number of nitrogens with one attached hydrogen (secondary N) is 1. The predicted octanol–water partition coefficient (Wildman–Crippen LogP) is 3.01. The SMILES string of the molecule is COc1cc(C(=O)NCc2nc3ccccc3s2)cc2c1OCCO2. The van der Waals surface area contributed by atoms with Crippen molar-refractivity contribution in [2.24, 2.45) is 0 Å². The van der Waals surface area contributed by atoms with Crippen molar-refractivity contribution in [2.45, 2.75) is 6.54 Å². The second-order valence-electron chi connectivity index (χ2n) is 5.46. The number of rotatable bonds is 4. The summed E-state index contributed by atoms with van der Waals surface area (Å²) < 4.78 is 17.5. The molecule has 1 aliphatic rings. The monoisotopic (exact) mass is 356 g/mol. The Morgan fingerprint density at radius 2 is 2.12 bits per heavy atom. The van der Waals surface area contributed by atoms with Crippen molar-refractivity contribution in [1.82, 2.24) is 10.3 Å². The van der Waals surface area contributed by atoms with E-state index in [1.807, 2.05) is 24.3 Å². The molecule has 1 aliphatic heterocycles. The summed E-state index contributed by atoms with van der Waals surface area (Å²) in [6, 6.07) is 11.2. The second kappa shape index (κ2) is 6.60. The Kier molecular flexibility index (Phi) is 4.15. The van der Waals surface area contributed by atoms with Crippen molar-refractivity contribution >= 4 is 27.5 Å². The van der Waals surface area contributed by atoms with E-state index >= 15 is 0 Å². The van der Waals surface area contributed by atoms with E-state index in [4.69, 9.17) is 14.2 Å². The van der Waals surface area contributed by atoms with Gasteiger partial charge in [-0.2, -0.15) is 0 Å². The zero-order valence-corrected chi connectivity index (χ0v) is 14.4. The molecular weight excluding hydrogens is 340 g/mol. The molecule has 2 heterocycles. The van der Waals surface area contributed by atoms with Crippen LogP contribution in [-0.4, -0.2) is 31.2 Å². The maximum absolute atomic E-state index is 12.5. The standard InChI is InChI=1S/C18H16N2O4S/c1-22-13-8-11(9-14-17(13)24-7-6-23-14)18(21)19-10-16-20-12-4-2-3-5-15(12)25-16/h2-5,8-9H,6-7,10H2,1H3,(H,19,21). The van der Waals surface area contributed by atoms with Gasteiger partial charge in [-0.05, 0) is 24.3 Å². The number of benzene rings is 2. The molecule has 0 spiro atoms. The molecule has 0 saturated heterocycles. The number of carbonyl (C=O) groups excluding carboxylic acids is 1. The summed E-state index contributed by atoms with van der Waals surface area (Å²) in [4.78, 5) is 17.0. The predicted molar refractivity (Wildman–Crippen MR) is 94.8 cm³/mol. The van der Waals surface area contributed by atoms with Crippen LogP contribution >= 0.6 is 11.3 Å². The van der Waals surface area contributed by atoms with Gasteiger partial charge in [-0.1, -0.05) is 12.1 Å². The topological polar surface area (TPSA) is 69.7 Å². The summed E-state index contributed by atoms with van der Waals surface area (Å²) in [5, 5.41) is 3.75. The highest BCUT2D eigenvalue weighted by Crippen LogP contribution is 2.40. The van der Waals surface area contributed by atoms with Crippen LogP contribution in [0, 0.1) is 0 Å². The third-order valence-corrected chi connectivity index (χ3v) is 4.86. The largest absolute Gasteiger partial charge is 0.493 e. The van der Waals surface area contributed by atoms with Gasteiger partial charge >= 0.3 is 0 Å². The Bertz CT molecular complexity index is 888. The number of para-hydroxylation sites is 1. The molecule has 1 amide bonds. The highest BCUT2D eigenvalue weighted by Gasteiger charge is 2.21. The number of hydrogen-bond acceptors (Lipinski definition) is 6. The molecule has 0 saturated carbocycles. The van der Waals surface area contributed by atoms with Gasteiger partial charge in [0, 0.05) is 5.56 Å². The molecule has 7 heteroatoms. The molecular formula is C18H16N2O4S. The van der Waals surface area contributed by atoms with Crippen LogP contribution in [0.5, 0.6) is 17.2 Å². The van der Waals surface area contributed by atoms with Gasteiger partial charge in [0.05, 0.1) is 23.9 Å². The smallest absolute Gasteiger partial charge is 0.251 e. The summed E-state index contributed by atoms with van der Waals surface area (Å²) in [6.45, 7) is 1.29. The Labute approximate surface area is 148 Å². The van der Waals surface area contributed by atoms with E-state index in [2.05, 4.69) is 10.3 Å². The van der Waals surface area contributed by atoms with Gasteiger partial charge in [0.25, 0.3) is 5.91 Å². The molecule has 0 bridgehead atoms. The lowest BCUT2D eigenvalue weighted by atomic mass is 10.1. The van der Waals surface area contributed by atoms with Crippen LogP contribution in [0.1, 0.15) is 15.4 Å².